The molecule has 1 aromatic heterocycles. The van der Waals surface area contributed by atoms with E-state index in [-0.39, 0.29) is 6.04 Å². The monoisotopic (exact) mass is 302 g/mol. The Hall–Kier alpha value is -0.430. The molecule has 0 radical (unpaired) electrons. The zero-order valence-electron chi connectivity index (χ0n) is 11.8. The molecule has 6 heteroatoms. The van der Waals surface area contributed by atoms with Crippen LogP contribution in [-0.2, 0) is 16.8 Å². The van der Waals surface area contributed by atoms with Crippen LogP contribution in [0.2, 0.25) is 0 Å². The van der Waals surface area contributed by atoms with E-state index >= 15 is 0 Å². The Morgan fingerprint density at radius 1 is 1.37 bits per heavy atom. The fraction of sp³-hybridized carbons (Fsp3) is 0.692. The molecule has 1 fully saturated rings. The Bertz CT molecular complexity index is 517. The van der Waals surface area contributed by atoms with Crippen LogP contribution < -0.4 is 0 Å². The van der Waals surface area contributed by atoms with Crippen LogP contribution in [0.4, 0.5) is 0 Å². The number of thiophene rings is 1. The molecule has 0 atom stereocenters. The third-order valence-corrected chi connectivity index (χ3v) is 6.70. The van der Waals surface area contributed by atoms with E-state index in [1.54, 1.807) is 19.9 Å². The maximum atomic E-state index is 12.7. The Morgan fingerprint density at radius 3 is 2.47 bits per heavy atom. The van der Waals surface area contributed by atoms with Crippen LogP contribution in [-0.4, -0.2) is 36.2 Å². The first-order valence-electron chi connectivity index (χ1n) is 6.73. The summed E-state index contributed by atoms with van der Waals surface area (Å²) in [6, 6.07) is 2.02. The minimum absolute atomic E-state index is 0.0212. The maximum Gasteiger partial charge on any atom is 0.282 e. The maximum absolute atomic E-state index is 12.7. The summed E-state index contributed by atoms with van der Waals surface area (Å²) in [5.41, 5.74) is 1.17. The first-order chi connectivity index (χ1) is 8.93. The lowest BCUT2D eigenvalue weighted by atomic mass is 10.3. The molecule has 1 aromatic rings. The van der Waals surface area contributed by atoms with Crippen LogP contribution in [0.15, 0.2) is 11.4 Å². The first-order valence-corrected chi connectivity index (χ1v) is 9.00. The standard InChI is InChI=1S/C13H22N2O2S2/c1-11(2)15(10-13-12(3)6-9-18-13)19(16,17)14-7-4-5-8-14/h6,9,11H,4-5,7-8,10H2,1-3H3. The van der Waals surface area contributed by atoms with E-state index in [1.807, 2.05) is 32.2 Å². The normalized spacial score (nSPS) is 17.7. The molecule has 108 valence electrons. The molecule has 0 aliphatic carbocycles. The lowest BCUT2D eigenvalue weighted by Crippen LogP contribution is -2.45. The zero-order valence-corrected chi connectivity index (χ0v) is 13.4. The third-order valence-electron chi connectivity index (χ3n) is 3.53. The summed E-state index contributed by atoms with van der Waals surface area (Å²) in [5.74, 6) is 0. The van der Waals surface area contributed by atoms with E-state index in [2.05, 4.69) is 0 Å². The molecular weight excluding hydrogens is 280 g/mol. The van der Waals surface area contributed by atoms with Gasteiger partial charge in [0.1, 0.15) is 0 Å². The topological polar surface area (TPSA) is 40.6 Å². The summed E-state index contributed by atoms with van der Waals surface area (Å²) in [6.45, 7) is 7.73. The average molecular weight is 302 g/mol. The number of nitrogens with zero attached hydrogens (tertiary/aromatic N) is 2. The fourth-order valence-corrected chi connectivity index (χ4v) is 5.13. The van der Waals surface area contributed by atoms with E-state index in [9.17, 15) is 8.42 Å². The van der Waals surface area contributed by atoms with E-state index in [0.717, 1.165) is 17.7 Å². The van der Waals surface area contributed by atoms with Crippen LogP contribution in [0, 0.1) is 6.92 Å². The van der Waals surface area contributed by atoms with Crippen molar-refractivity contribution in [2.75, 3.05) is 13.1 Å². The minimum atomic E-state index is -3.32. The highest BCUT2D eigenvalue weighted by atomic mass is 32.2. The Kier molecular flexibility index (Phi) is 4.66. The molecule has 4 nitrogen and oxygen atoms in total. The fourth-order valence-electron chi connectivity index (χ4n) is 2.31. The van der Waals surface area contributed by atoms with Crippen molar-refractivity contribution < 1.29 is 8.42 Å². The van der Waals surface area contributed by atoms with E-state index in [4.69, 9.17) is 0 Å². The van der Waals surface area contributed by atoms with Gasteiger partial charge in [-0.1, -0.05) is 0 Å². The molecule has 1 saturated heterocycles. The molecule has 0 spiro atoms. The van der Waals surface area contributed by atoms with Crippen LogP contribution in [0.25, 0.3) is 0 Å². The quantitative estimate of drug-likeness (QED) is 0.839. The van der Waals surface area contributed by atoms with Crippen molar-refractivity contribution in [3.63, 3.8) is 0 Å². The zero-order chi connectivity index (χ0) is 14.0. The SMILES string of the molecule is Cc1ccsc1CN(C(C)C)S(=O)(=O)N1CCCC1. The van der Waals surface area contributed by atoms with Gasteiger partial charge in [0.25, 0.3) is 10.2 Å². The second kappa shape index (κ2) is 5.91. The van der Waals surface area contributed by atoms with Crippen molar-refractivity contribution in [2.24, 2.45) is 0 Å². The summed E-state index contributed by atoms with van der Waals surface area (Å²) in [5, 5.41) is 2.02. The van der Waals surface area contributed by atoms with Gasteiger partial charge in [0.05, 0.1) is 0 Å². The Labute approximate surface area is 120 Å². The molecule has 19 heavy (non-hydrogen) atoms. The van der Waals surface area contributed by atoms with Crippen LogP contribution in [0.5, 0.6) is 0 Å². The molecule has 0 saturated carbocycles. The van der Waals surface area contributed by atoms with Crippen molar-refractivity contribution in [1.82, 2.24) is 8.61 Å². The summed E-state index contributed by atoms with van der Waals surface area (Å²) in [4.78, 5) is 1.14. The molecule has 1 aliphatic heterocycles. The van der Waals surface area contributed by atoms with Gasteiger partial charge in [-0.2, -0.15) is 17.0 Å². The molecule has 2 rings (SSSR count). The van der Waals surface area contributed by atoms with Crippen molar-refractivity contribution >= 4 is 21.5 Å². The summed E-state index contributed by atoms with van der Waals surface area (Å²) < 4.78 is 28.6. The van der Waals surface area contributed by atoms with Gasteiger partial charge in [0, 0.05) is 30.6 Å². The summed E-state index contributed by atoms with van der Waals surface area (Å²) in [7, 11) is -3.32. The number of rotatable bonds is 5. The lowest BCUT2D eigenvalue weighted by Gasteiger charge is -2.30. The van der Waals surface area contributed by atoms with Gasteiger partial charge < -0.3 is 0 Å². The van der Waals surface area contributed by atoms with Gasteiger partial charge in [-0.25, -0.2) is 0 Å². The molecule has 0 unspecified atom stereocenters. The van der Waals surface area contributed by atoms with Gasteiger partial charge in [-0.3, -0.25) is 0 Å². The Morgan fingerprint density at radius 2 is 2.00 bits per heavy atom. The second-order valence-electron chi connectivity index (χ2n) is 5.28. The van der Waals surface area contributed by atoms with Crippen molar-refractivity contribution in [2.45, 2.75) is 46.2 Å². The van der Waals surface area contributed by atoms with Gasteiger partial charge in [0.2, 0.25) is 0 Å². The van der Waals surface area contributed by atoms with Crippen molar-refractivity contribution in [3.05, 3.63) is 21.9 Å². The van der Waals surface area contributed by atoms with Crippen LogP contribution in [0.1, 0.15) is 37.1 Å². The number of hydrogen-bond donors (Lipinski definition) is 0. The number of hydrogen-bond acceptors (Lipinski definition) is 3. The lowest BCUT2D eigenvalue weighted by molar-refractivity contribution is 0.314. The summed E-state index contributed by atoms with van der Waals surface area (Å²) in [6.07, 6.45) is 1.95. The predicted octanol–water partition coefficient (Wildman–Crippen LogP) is 2.61. The molecular formula is C13H22N2O2S2. The second-order valence-corrected chi connectivity index (χ2v) is 8.16. The van der Waals surface area contributed by atoms with Gasteiger partial charge in [-0.15, -0.1) is 11.3 Å². The van der Waals surface area contributed by atoms with E-state index in [1.165, 1.54) is 5.56 Å². The first kappa shape index (κ1) is 15.0. The summed E-state index contributed by atoms with van der Waals surface area (Å²) >= 11 is 1.63. The molecule has 0 N–H and O–H groups in total. The molecule has 0 bridgehead atoms. The minimum Gasteiger partial charge on any atom is -0.195 e. The van der Waals surface area contributed by atoms with Crippen molar-refractivity contribution in [3.8, 4) is 0 Å². The smallest absolute Gasteiger partial charge is 0.195 e. The molecule has 0 aromatic carbocycles. The highest BCUT2D eigenvalue weighted by molar-refractivity contribution is 7.86. The van der Waals surface area contributed by atoms with Gasteiger partial charge >= 0.3 is 0 Å². The van der Waals surface area contributed by atoms with E-state index in [0.29, 0.717) is 19.6 Å². The number of aryl methyl sites for hydroxylation is 1. The molecule has 0 amide bonds. The van der Waals surface area contributed by atoms with Gasteiger partial charge in [0.15, 0.2) is 0 Å². The third kappa shape index (κ3) is 3.18. The van der Waals surface area contributed by atoms with Gasteiger partial charge in [-0.05, 0) is 50.6 Å². The highest BCUT2D eigenvalue weighted by Crippen LogP contribution is 2.24. The predicted molar refractivity (Wildman–Crippen MR) is 79.5 cm³/mol. The van der Waals surface area contributed by atoms with E-state index < -0.39 is 10.2 Å². The van der Waals surface area contributed by atoms with Crippen LogP contribution >= 0.6 is 11.3 Å². The van der Waals surface area contributed by atoms with Crippen LogP contribution in [0.3, 0.4) is 0 Å². The highest BCUT2D eigenvalue weighted by Gasteiger charge is 2.33. The largest absolute Gasteiger partial charge is 0.282 e. The van der Waals surface area contributed by atoms with Crippen molar-refractivity contribution in [1.29, 1.82) is 0 Å². The molecule has 1 aliphatic rings. The Balaban J connectivity index is 2.22. The average Bonchev–Trinajstić information content (AvgIpc) is 2.96. The molecule has 2 heterocycles.